The Labute approximate surface area is 143 Å². The van der Waals surface area contributed by atoms with E-state index >= 15 is 0 Å². The number of benzene rings is 2. The molecule has 0 fully saturated rings. The number of carbonyl (C=O) groups is 1. The second-order valence-corrected chi connectivity index (χ2v) is 6.30. The third kappa shape index (κ3) is 3.12. The summed E-state index contributed by atoms with van der Waals surface area (Å²) in [6.07, 6.45) is 0. The van der Waals surface area contributed by atoms with Crippen LogP contribution in [-0.2, 0) is 0 Å². The van der Waals surface area contributed by atoms with Crippen molar-refractivity contribution in [2.24, 2.45) is 0 Å². The summed E-state index contributed by atoms with van der Waals surface area (Å²) >= 11 is 13.3. The lowest BCUT2D eigenvalue weighted by molar-refractivity contribution is -0.384. The lowest BCUT2D eigenvalue weighted by Crippen LogP contribution is -2.11. The molecule has 1 aromatic heterocycles. The Morgan fingerprint density at radius 2 is 1.96 bits per heavy atom. The summed E-state index contributed by atoms with van der Waals surface area (Å²) in [5, 5.41) is 14.6. The number of anilines is 1. The van der Waals surface area contributed by atoms with Crippen LogP contribution in [-0.4, -0.2) is 15.8 Å². The first-order valence-electron chi connectivity index (χ1n) is 6.26. The quantitative estimate of drug-likeness (QED) is 0.533. The molecule has 1 amide bonds. The number of halogens is 2. The molecule has 0 aliphatic carbocycles. The Bertz CT molecular complexity index is 903. The monoisotopic (exact) mass is 367 g/mol. The number of amides is 1. The molecule has 3 aromatic rings. The number of non-ortho nitro benzene ring substituents is 1. The maximum Gasteiger partial charge on any atom is 0.270 e. The fourth-order valence-corrected chi connectivity index (χ4v) is 3.34. The third-order valence-corrected chi connectivity index (χ3v) is 4.72. The van der Waals surface area contributed by atoms with Crippen molar-refractivity contribution in [3.05, 3.63) is 62.1 Å². The molecule has 0 aliphatic heterocycles. The summed E-state index contributed by atoms with van der Waals surface area (Å²) in [6.45, 7) is 0. The lowest BCUT2D eigenvalue weighted by atomic mass is 10.2. The minimum Gasteiger partial charge on any atom is -0.298 e. The van der Waals surface area contributed by atoms with Gasteiger partial charge in [-0.25, -0.2) is 4.98 Å². The molecule has 0 saturated carbocycles. The molecule has 3 rings (SSSR count). The van der Waals surface area contributed by atoms with Gasteiger partial charge in [0.05, 0.1) is 19.7 Å². The minimum atomic E-state index is -0.561. The lowest BCUT2D eigenvalue weighted by Gasteiger charge is -2.01. The van der Waals surface area contributed by atoms with Crippen LogP contribution < -0.4 is 5.32 Å². The average molecular weight is 368 g/mol. The van der Waals surface area contributed by atoms with Crippen LogP contribution in [0.2, 0.25) is 10.0 Å². The van der Waals surface area contributed by atoms with Crippen LogP contribution in [0.25, 0.3) is 10.2 Å². The van der Waals surface area contributed by atoms with Crippen molar-refractivity contribution in [3.8, 4) is 0 Å². The number of fused-ring (bicyclic) bond motifs is 1. The zero-order valence-electron chi connectivity index (χ0n) is 11.2. The summed E-state index contributed by atoms with van der Waals surface area (Å²) in [7, 11) is 0. The molecule has 1 heterocycles. The summed E-state index contributed by atoms with van der Waals surface area (Å²) in [5.41, 5.74) is 0.502. The van der Waals surface area contributed by atoms with E-state index in [-0.39, 0.29) is 11.3 Å². The highest BCUT2D eigenvalue weighted by atomic mass is 35.5. The first kappa shape index (κ1) is 15.7. The van der Waals surface area contributed by atoms with E-state index in [0.717, 1.165) is 0 Å². The van der Waals surface area contributed by atoms with Crippen LogP contribution in [0, 0.1) is 10.1 Å². The van der Waals surface area contributed by atoms with Crippen LogP contribution in [0.5, 0.6) is 0 Å². The van der Waals surface area contributed by atoms with Gasteiger partial charge in [-0.2, -0.15) is 0 Å². The number of nitro groups is 1. The highest BCUT2D eigenvalue weighted by molar-refractivity contribution is 7.23. The summed E-state index contributed by atoms with van der Waals surface area (Å²) in [5.74, 6) is -0.500. The first-order valence-corrected chi connectivity index (χ1v) is 7.83. The van der Waals surface area contributed by atoms with Crippen LogP contribution in [0.15, 0.2) is 36.4 Å². The Kier molecular flexibility index (Phi) is 4.16. The second kappa shape index (κ2) is 6.11. The van der Waals surface area contributed by atoms with Gasteiger partial charge in [-0.1, -0.05) is 40.6 Å². The average Bonchev–Trinajstić information content (AvgIpc) is 2.96. The van der Waals surface area contributed by atoms with Gasteiger partial charge >= 0.3 is 0 Å². The van der Waals surface area contributed by atoms with Gasteiger partial charge in [0.25, 0.3) is 11.6 Å². The maximum atomic E-state index is 12.2. The molecule has 0 spiro atoms. The zero-order valence-corrected chi connectivity index (χ0v) is 13.6. The van der Waals surface area contributed by atoms with E-state index in [4.69, 9.17) is 23.2 Å². The van der Waals surface area contributed by atoms with Crippen LogP contribution in [0.4, 0.5) is 10.8 Å². The zero-order chi connectivity index (χ0) is 16.6. The number of nitrogens with zero attached hydrogens (tertiary/aromatic N) is 2. The minimum absolute atomic E-state index is 0.159. The van der Waals surface area contributed by atoms with E-state index in [9.17, 15) is 14.9 Å². The molecule has 0 bridgehead atoms. The SMILES string of the molecule is O=C(Nc1nc2c(Cl)ccc(Cl)c2s1)c1cccc([N+](=O)[O-])c1. The molecule has 6 nitrogen and oxygen atoms in total. The number of hydrogen-bond acceptors (Lipinski definition) is 5. The number of hydrogen-bond donors (Lipinski definition) is 1. The van der Waals surface area contributed by atoms with E-state index in [2.05, 4.69) is 10.3 Å². The third-order valence-electron chi connectivity index (χ3n) is 2.99. The predicted octanol–water partition coefficient (Wildman–Crippen LogP) is 4.76. The molecule has 9 heteroatoms. The molecule has 0 unspecified atom stereocenters. The second-order valence-electron chi connectivity index (χ2n) is 4.49. The normalized spacial score (nSPS) is 10.7. The van der Waals surface area contributed by atoms with Crippen molar-refractivity contribution < 1.29 is 9.72 Å². The summed E-state index contributed by atoms with van der Waals surface area (Å²) in [4.78, 5) is 26.6. The molecule has 0 radical (unpaired) electrons. The standard InChI is InChI=1S/C14H7Cl2N3O3S/c15-9-4-5-10(16)12-11(9)17-14(23-12)18-13(20)7-2-1-3-8(6-7)19(21)22/h1-6H,(H,17,18,20). The maximum absolute atomic E-state index is 12.2. The largest absolute Gasteiger partial charge is 0.298 e. The van der Waals surface area contributed by atoms with Gasteiger partial charge in [0.1, 0.15) is 5.52 Å². The van der Waals surface area contributed by atoms with Gasteiger partial charge in [-0.15, -0.1) is 0 Å². The fourth-order valence-electron chi connectivity index (χ4n) is 1.93. The molecule has 23 heavy (non-hydrogen) atoms. The number of nitro benzene ring substituents is 1. The van der Waals surface area contributed by atoms with Crippen molar-refractivity contribution in [1.29, 1.82) is 0 Å². The molecular weight excluding hydrogens is 361 g/mol. The fraction of sp³-hybridized carbons (Fsp3) is 0. The number of aromatic nitrogens is 1. The smallest absolute Gasteiger partial charge is 0.270 e. The van der Waals surface area contributed by atoms with Crippen molar-refractivity contribution in [1.82, 2.24) is 4.98 Å². The van der Waals surface area contributed by atoms with E-state index in [0.29, 0.717) is 25.4 Å². The van der Waals surface area contributed by atoms with Gasteiger partial charge in [0.2, 0.25) is 0 Å². The molecule has 0 saturated heterocycles. The molecule has 1 N–H and O–H groups in total. The summed E-state index contributed by atoms with van der Waals surface area (Å²) < 4.78 is 0.661. The Balaban J connectivity index is 1.91. The van der Waals surface area contributed by atoms with E-state index < -0.39 is 10.8 Å². The highest BCUT2D eigenvalue weighted by Crippen LogP contribution is 2.36. The highest BCUT2D eigenvalue weighted by Gasteiger charge is 2.15. The Morgan fingerprint density at radius 3 is 2.65 bits per heavy atom. The van der Waals surface area contributed by atoms with Crippen molar-refractivity contribution >= 4 is 61.5 Å². The Morgan fingerprint density at radius 1 is 1.22 bits per heavy atom. The van der Waals surface area contributed by atoms with E-state index in [1.165, 1.54) is 35.6 Å². The van der Waals surface area contributed by atoms with Gasteiger partial charge in [0, 0.05) is 17.7 Å². The molecule has 2 aromatic carbocycles. The number of carbonyl (C=O) groups excluding carboxylic acids is 1. The van der Waals surface area contributed by atoms with Crippen molar-refractivity contribution in [3.63, 3.8) is 0 Å². The van der Waals surface area contributed by atoms with Gasteiger partial charge < -0.3 is 0 Å². The van der Waals surface area contributed by atoms with Crippen molar-refractivity contribution in [2.45, 2.75) is 0 Å². The number of rotatable bonds is 3. The van der Waals surface area contributed by atoms with Gasteiger partial charge in [-0.3, -0.25) is 20.2 Å². The molecule has 0 atom stereocenters. The number of nitrogens with one attached hydrogen (secondary N) is 1. The van der Waals surface area contributed by atoms with Gasteiger partial charge in [0.15, 0.2) is 5.13 Å². The van der Waals surface area contributed by atoms with E-state index in [1.54, 1.807) is 12.1 Å². The van der Waals surface area contributed by atoms with Crippen LogP contribution in [0.3, 0.4) is 0 Å². The molecule has 116 valence electrons. The molecule has 0 aliphatic rings. The first-order chi connectivity index (χ1) is 11.0. The topological polar surface area (TPSA) is 85.1 Å². The predicted molar refractivity (Wildman–Crippen MR) is 90.7 cm³/mol. The number of thiazole rings is 1. The summed E-state index contributed by atoms with van der Waals surface area (Å²) in [6, 6.07) is 8.71. The van der Waals surface area contributed by atoms with Crippen LogP contribution >= 0.6 is 34.5 Å². The molecular formula is C14H7Cl2N3O3S. The van der Waals surface area contributed by atoms with Crippen LogP contribution in [0.1, 0.15) is 10.4 Å². The van der Waals surface area contributed by atoms with Crippen molar-refractivity contribution in [2.75, 3.05) is 5.32 Å². The Hall–Kier alpha value is -2.22. The van der Waals surface area contributed by atoms with Gasteiger partial charge in [-0.05, 0) is 18.2 Å². The van der Waals surface area contributed by atoms with E-state index in [1.807, 2.05) is 0 Å².